The van der Waals surface area contributed by atoms with Crippen LogP contribution < -0.4 is 21.3 Å². The fourth-order valence-corrected chi connectivity index (χ4v) is 1.75. The van der Waals surface area contributed by atoms with Gasteiger partial charge >= 0.3 is 6.03 Å². The Morgan fingerprint density at radius 1 is 1.04 bits per heavy atom. The van der Waals surface area contributed by atoms with Crippen LogP contribution >= 0.6 is 0 Å². The fraction of sp³-hybridized carbons (Fsp3) is 0.438. The summed E-state index contributed by atoms with van der Waals surface area (Å²) in [6, 6.07) is 5.38. The van der Waals surface area contributed by atoms with E-state index in [1.165, 1.54) is 0 Å². The van der Waals surface area contributed by atoms with E-state index in [1.807, 2.05) is 13.8 Å². The SMILES string of the molecule is CCC(C)NC(=O)C(C)NC(=O)Nc1ccc(C(=O)NC)cc1. The van der Waals surface area contributed by atoms with Crippen LogP contribution in [0.1, 0.15) is 37.6 Å². The highest BCUT2D eigenvalue weighted by molar-refractivity contribution is 5.96. The van der Waals surface area contributed by atoms with Gasteiger partial charge in [0, 0.05) is 24.3 Å². The summed E-state index contributed by atoms with van der Waals surface area (Å²) in [4.78, 5) is 35.2. The Morgan fingerprint density at radius 2 is 1.65 bits per heavy atom. The molecule has 4 amide bonds. The van der Waals surface area contributed by atoms with Crippen molar-refractivity contribution in [3.63, 3.8) is 0 Å². The third-order valence-corrected chi connectivity index (χ3v) is 3.37. The summed E-state index contributed by atoms with van der Waals surface area (Å²) >= 11 is 0. The molecule has 1 aromatic rings. The molecule has 1 aromatic carbocycles. The van der Waals surface area contributed by atoms with E-state index in [1.54, 1.807) is 38.2 Å². The van der Waals surface area contributed by atoms with Crippen molar-refractivity contribution in [2.24, 2.45) is 0 Å². The highest BCUT2D eigenvalue weighted by Crippen LogP contribution is 2.09. The van der Waals surface area contributed by atoms with Gasteiger partial charge in [-0.15, -0.1) is 0 Å². The Bertz CT molecular complexity index is 557. The molecule has 7 heteroatoms. The van der Waals surface area contributed by atoms with E-state index in [2.05, 4.69) is 21.3 Å². The number of anilines is 1. The van der Waals surface area contributed by atoms with Gasteiger partial charge in [-0.05, 0) is 44.5 Å². The second kappa shape index (κ2) is 8.77. The summed E-state index contributed by atoms with van der Waals surface area (Å²) in [6.07, 6.45) is 0.822. The highest BCUT2D eigenvalue weighted by Gasteiger charge is 2.16. The van der Waals surface area contributed by atoms with Crippen molar-refractivity contribution in [3.05, 3.63) is 29.8 Å². The maximum atomic E-state index is 11.9. The topological polar surface area (TPSA) is 99.3 Å². The molecule has 0 bridgehead atoms. The molecule has 0 radical (unpaired) electrons. The third kappa shape index (κ3) is 5.98. The molecule has 0 aliphatic carbocycles. The largest absolute Gasteiger partial charge is 0.355 e. The molecule has 0 aliphatic rings. The Labute approximate surface area is 136 Å². The standard InChI is InChI=1S/C16H24N4O3/c1-5-10(2)18-14(21)11(3)19-16(23)20-13-8-6-12(7-9-13)15(22)17-4/h6-11H,5H2,1-4H3,(H,17,22)(H,18,21)(H2,19,20,23). The van der Waals surface area contributed by atoms with Crippen LogP contribution in [0, 0.1) is 0 Å². The molecule has 0 saturated carbocycles. The predicted octanol–water partition coefficient (Wildman–Crippen LogP) is 1.47. The second-order valence-electron chi connectivity index (χ2n) is 5.29. The van der Waals surface area contributed by atoms with Crippen molar-refractivity contribution in [2.45, 2.75) is 39.3 Å². The lowest BCUT2D eigenvalue weighted by Gasteiger charge is -2.17. The van der Waals surface area contributed by atoms with E-state index in [0.29, 0.717) is 11.3 Å². The van der Waals surface area contributed by atoms with Gasteiger partial charge in [-0.3, -0.25) is 9.59 Å². The maximum absolute atomic E-state index is 11.9. The summed E-state index contributed by atoms with van der Waals surface area (Å²) in [7, 11) is 1.55. The van der Waals surface area contributed by atoms with Gasteiger partial charge in [0.15, 0.2) is 0 Å². The number of rotatable bonds is 6. The molecule has 2 atom stereocenters. The van der Waals surface area contributed by atoms with Crippen LogP contribution in [0.4, 0.5) is 10.5 Å². The first-order chi connectivity index (χ1) is 10.9. The summed E-state index contributed by atoms with van der Waals surface area (Å²) in [5.74, 6) is -0.430. The Hall–Kier alpha value is -2.57. The van der Waals surface area contributed by atoms with Crippen LogP contribution in [-0.2, 0) is 4.79 Å². The predicted molar refractivity (Wildman–Crippen MR) is 89.3 cm³/mol. The first-order valence-corrected chi connectivity index (χ1v) is 7.57. The van der Waals surface area contributed by atoms with Crippen molar-refractivity contribution in [2.75, 3.05) is 12.4 Å². The molecular weight excluding hydrogens is 296 g/mol. The zero-order valence-corrected chi connectivity index (χ0v) is 13.9. The van der Waals surface area contributed by atoms with Gasteiger partial charge in [0.1, 0.15) is 6.04 Å². The first kappa shape index (κ1) is 18.5. The number of carbonyl (C=O) groups is 3. The number of nitrogens with one attached hydrogen (secondary N) is 4. The van der Waals surface area contributed by atoms with Crippen LogP contribution in [-0.4, -0.2) is 37.0 Å². The maximum Gasteiger partial charge on any atom is 0.319 e. The molecule has 0 aromatic heterocycles. The Balaban J connectivity index is 2.53. The lowest BCUT2D eigenvalue weighted by atomic mass is 10.2. The van der Waals surface area contributed by atoms with E-state index in [9.17, 15) is 14.4 Å². The number of carbonyl (C=O) groups excluding carboxylic acids is 3. The Kier molecular flexibility index (Phi) is 7.05. The van der Waals surface area contributed by atoms with Gasteiger partial charge in [0.25, 0.3) is 5.91 Å². The van der Waals surface area contributed by atoms with Gasteiger partial charge < -0.3 is 21.3 Å². The van der Waals surface area contributed by atoms with Crippen LogP contribution in [0.2, 0.25) is 0 Å². The van der Waals surface area contributed by atoms with E-state index in [0.717, 1.165) is 6.42 Å². The third-order valence-electron chi connectivity index (χ3n) is 3.37. The second-order valence-corrected chi connectivity index (χ2v) is 5.29. The molecule has 126 valence electrons. The summed E-state index contributed by atoms with van der Waals surface area (Å²) in [5, 5.41) is 10.5. The normalized spacial score (nSPS) is 12.7. The van der Waals surface area contributed by atoms with Gasteiger partial charge in [-0.2, -0.15) is 0 Å². The molecule has 1 rings (SSSR count). The van der Waals surface area contributed by atoms with Crippen molar-refractivity contribution < 1.29 is 14.4 Å². The molecule has 0 spiro atoms. The van der Waals surface area contributed by atoms with Crippen LogP contribution in [0.25, 0.3) is 0 Å². The number of hydrogen-bond donors (Lipinski definition) is 4. The lowest BCUT2D eigenvalue weighted by Crippen LogP contribution is -2.48. The van der Waals surface area contributed by atoms with E-state index >= 15 is 0 Å². The van der Waals surface area contributed by atoms with Crippen LogP contribution in [0.15, 0.2) is 24.3 Å². The van der Waals surface area contributed by atoms with Gasteiger partial charge in [0.2, 0.25) is 5.91 Å². The summed E-state index contributed by atoms with van der Waals surface area (Å²) < 4.78 is 0. The molecule has 4 N–H and O–H groups in total. The summed E-state index contributed by atoms with van der Waals surface area (Å²) in [5.41, 5.74) is 1.03. The quantitative estimate of drug-likeness (QED) is 0.638. The van der Waals surface area contributed by atoms with Gasteiger partial charge in [0.05, 0.1) is 0 Å². The number of urea groups is 1. The van der Waals surface area contributed by atoms with E-state index in [4.69, 9.17) is 0 Å². The zero-order valence-electron chi connectivity index (χ0n) is 13.9. The van der Waals surface area contributed by atoms with Crippen molar-refractivity contribution in [1.29, 1.82) is 0 Å². The minimum absolute atomic E-state index is 0.0621. The average Bonchev–Trinajstić information content (AvgIpc) is 2.54. The number of amides is 4. The molecule has 2 unspecified atom stereocenters. The highest BCUT2D eigenvalue weighted by atomic mass is 16.2. The molecule has 0 saturated heterocycles. The minimum atomic E-state index is -0.644. The van der Waals surface area contributed by atoms with Crippen molar-refractivity contribution in [1.82, 2.24) is 16.0 Å². The van der Waals surface area contributed by atoms with Crippen molar-refractivity contribution >= 4 is 23.5 Å². The molecule has 0 heterocycles. The van der Waals surface area contributed by atoms with Gasteiger partial charge in [-0.25, -0.2) is 4.79 Å². The van der Waals surface area contributed by atoms with Gasteiger partial charge in [-0.1, -0.05) is 6.92 Å². The molecule has 7 nitrogen and oxygen atoms in total. The smallest absolute Gasteiger partial charge is 0.319 e. The van der Waals surface area contributed by atoms with Crippen molar-refractivity contribution in [3.8, 4) is 0 Å². The molecule has 23 heavy (non-hydrogen) atoms. The lowest BCUT2D eigenvalue weighted by molar-refractivity contribution is -0.123. The fourth-order valence-electron chi connectivity index (χ4n) is 1.75. The van der Waals surface area contributed by atoms with Crippen LogP contribution in [0.5, 0.6) is 0 Å². The first-order valence-electron chi connectivity index (χ1n) is 7.57. The van der Waals surface area contributed by atoms with Crippen LogP contribution in [0.3, 0.4) is 0 Å². The minimum Gasteiger partial charge on any atom is -0.355 e. The molecule has 0 aliphatic heterocycles. The molecular formula is C16H24N4O3. The Morgan fingerprint density at radius 3 is 2.17 bits per heavy atom. The monoisotopic (exact) mass is 320 g/mol. The molecule has 0 fully saturated rings. The zero-order chi connectivity index (χ0) is 17.4. The van der Waals surface area contributed by atoms with E-state index in [-0.39, 0.29) is 17.9 Å². The summed E-state index contributed by atoms with van der Waals surface area (Å²) in [6.45, 7) is 5.49. The number of benzene rings is 1. The average molecular weight is 320 g/mol. The number of hydrogen-bond acceptors (Lipinski definition) is 3. The van der Waals surface area contributed by atoms with E-state index < -0.39 is 12.1 Å².